The first kappa shape index (κ1) is 18.2. The van der Waals surface area contributed by atoms with Gasteiger partial charge in [0.2, 0.25) is 0 Å². The first-order chi connectivity index (χ1) is 10.7. The summed E-state index contributed by atoms with van der Waals surface area (Å²) in [5, 5.41) is 1.13. The number of benzene rings is 1. The summed E-state index contributed by atoms with van der Waals surface area (Å²) in [6.07, 6.45) is 0. The van der Waals surface area contributed by atoms with E-state index in [4.69, 9.17) is 44.3 Å². The molecule has 0 fully saturated rings. The predicted octanol–water partition coefficient (Wildman–Crippen LogP) is 4.65. The molecule has 0 spiro atoms. The lowest BCUT2D eigenvalue weighted by molar-refractivity contribution is -0.133. The number of carbonyl (C=O) groups is 2. The van der Waals surface area contributed by atoms with Crippen LogP contribution >= 0.6 is 57.5 Å². The number of hydrogen-bond acceptors (Lipinski definition) is 7. The van der Waals surface area contributed by atoms with Gasteiger partial charge < -0.3 is 9.47 Å². The van der Waals surface area contributed by atoms with Gasteiger partial charge in [-0.3, -0.25) is 14.4 Å². The maximum absolute atomic E-state index is 11.5. The fourth-order valence-corrected chi connectivity index (χ4v) is 4.26. The Morgan fingerprint density at radius 1 is 0.957 bits per heavy atom. The zero-order valence-corrected chi connectivity index (χ0v) is 15.5. The van der Waals surface area contributed by atoms with Gasteiger partial charge in [0.05, 0.1) is 15.5 Å². The normalized spacial score (nSPS) is 10.5. The lowest BCUT2D eigenvalue weighted by Gasteiger charge is -2.16. The third-order valence-electron chi connectivity index (χ3n) is 2.43. The van der Waals surface area contributed by atoms with E-state index in [-0.39, 0.29) is 36.2 Å². The first-order valence-corrected chi connectivity index (χ1v) is 8.71. The highest BCUT2D eigenvalue weighted by Crippen LogP contribution is 2.52. The van der Waals surface area contributed by atoms with Crippen molar-refractivity contribution in [1.82, 2.24) is 0 Å². The maximum atomic E-state index is 11.5. The molecule has 0 saturated heterocycles. The van der Waals surface area contributed by atoms with Gasteiger partial charge in [-0.1, -0.05) is 57.5 Å². The summed E-state index contributed by atoms with van der Waals surface area (Å²) in [6.45, 7) is 2.35. The Morgan fingerprint density at radius 2 is 1.48 bits per heavy atom. The number of rotatable bonds is 3. The van der Waals surface area contributed by atoms with Crippen molar-refractivity contribution in [3.05, 3.63) is 29.3 Å². The van der Waals surface area contributed by atoms with Gasteiger partial charge in [-0.05, 0) is 0 Å². The Balaban J connectivity index is 2.83. The Morgan fingerprint density at radius 3 is 1.96 bits per heavy atom. The molecular weight excluding hydrogens is 407 g/mol. The predicted molar refractivity (Wildman–Crippen MR) is 91.6 cm³/mol. The fourth-order valence-electron chi connectivity index (χ4n) is 1.66. The van der Waals surface area contributed by atoms with Crippen molar-refractivity contribution < 1.29 is 19.1 Å². The second-order valence-electron chi connectivity index (χ2n) is 4.11. The Hall–Kier alpha value is -1.12. The summed E-state index contributed by atoms with van der Waals surface area (Å²) in [5.41, 5.74) is 0.163. The van der Waals surface area contributed by atoms with Crippen molar-refractivity contribution in [2.45, 2.75) is 13.8 Å². The van der Waals surface area contributed by atoms with E-state index < -0.39 is 11.9 Å². The van der Waals surface area contributed by atoms with Crippen LogP contribution in [-0.2, 0) is 9.59 Å². The molecule has 2 rings (SSSR count). The van der Waals surface area contributed by atoms with Crippen molar-refractivity contribution in [1.29, 1.82) is 0 Å². The topological polar surface area (TPSA) is 69.7 Å². The third-order valence-corrected chi connectivity index (χ3v) is 5.55. The standard InChI is InChI=1S/C13H7Cl3O5S2/c1-4(17)20-11-7(6-3-22-13(19)23-6)8(14)12(21-5(2)18)10(16)9(11)15/h3H,1-2H3. The highest BCUT2D eigenvalue weighted by molar-refractivity contribution is 7.28. The number of halogens is 3. The summed E-state index contributed by atoms with van der Waals surface area (Å²) in [7, 11) is 0. The molecule has 1 heterocycles. The summed E-state index contributed by atoms with van der Waals surface area (Å²) in [6, 6.07) is 0. The largest absolute Gasteiger partial charge is 0.424 e. The molecule has 1 aromatic carbocycles. The van der Waals surface area contributed by atoms with Crippen LogP contribution < -0.4 is 13.5 Å². The lowest BCUT2D eigenvalue weighted by atomic mass is 10.1. The highest BCUT2D eigenvalue weighted by Gasteiger charge is 2.27. The Kier molecular flexibility index (Phi) is 5.70. The number of ether oxygens (including phenoxy) is 2. The van der Waals surface area contributed by atoms with Crippen LogP contribution in [-0.4, -0.2) is 11.9 Å². The Bertz CT molecular complexity index is 856. The third kappa shape index (κ3) is 3.87. The fraction of sp³-hybridized carbons (Fsp3) is 0.154. The van der Waals surface area contributed by atoms with Gasteiger partial charge in [0.1, 0.15) is 10.0 Å². The number of carbonyl (C=O) groups excluding carboxylic acids is 2. The molecule has 122 valence electrons. The smallest absolute Gasteiger partial charge is 0.308 e. The van der Waals surface area contributed by atoms with Gasteiger partial charge in [-0.25, -0.2) is 0 Å². The van der Waals surface area contributed by atoms with Crippen molar-refractivity contribution in [3.8, 4) is 21.9 Å². The van der Waals surface area contributed by atoms with E-state index in [1.165, 1.54) is 19.2 Å². The monoisotopic (exact) mass is 412 g/mol. The second-order valence-corrected chi connectivity index (χ2v) is 7.36. The molecule has 0 aliphatic rings. The molecule has 1 aromatic heterocycles. The Labute approximate surface area is 153 Å². The van der Waals surface area contributed by atoms with E-state index in [0.29, 0.717) is 4.88 Å². The van der Waals surface area contributed by atoms with Crippen LogP contribution in [0, 0.1) is 0 Å². The van der Waals surface area contributed by atoms with Gasteiger partial charge in [-0.2, -0.15) is 0 Å². The van der Waals surface area contributed by atoms with Crippen LogP contribution in [0.1, 0.15) is 13.8 Å². The van der Waals surface area contributed by atoms with Crippen LogP contribution in [0.3, 0.4) is 0 Å². The minimum absolute atomic E-state index is 0.0834. The maximum Gasteiger partial charge on any atom is 0.308 e. The van der Waals surface area contributed by atoms with Crippen LogP contribution in [0.4, 0.5) is 0 Å². The molecule has 5 nitrogen and oxygen atoms in total. The van der Waals surface area contributed by atoms with E-state index in [2.05, 4.69) is 0 Å². The van der Waals surface area contributed by atoms with Crippen LogP contribution in [0.25, 0.3) is 10.4 Å². The minimum Gasteiger partial charge on any atom is -0.424 e. The lowest BCUT2D eigenvalue weighted by Crippen LogP contribution is -2.07. The van der Waals surface area contributed by atoms with Gasteiger partial charge in [0.25, 0.3) is 4.06 Å². The molecule has 0 aliphatic heterocycles. The summed E-state index contributed by atoms with van der Waals surface area (Å²) >= 11 is 20.3. The molecule has 0 saturated carbocycles. The van der Waals surface area contributed by atoms with Crippen LogP contribution in [0.15, 0.2) is 10.2 Å². The van der Waals surface area contributed by atoms with E-state index >= 15 is 0 Å². The molecule has 0 atom stereocenters. The molecule has 0 unspecified atom stereocenters. The number of hydrogen-bond donors (Lipinski definition) is 0. The molecule has 10 heteroatoms. The van der Waals surface area contributed by atoms with Crippen molar-refractivity contribution in [3.63, 3.8) is 0 Å². The van der Waals surface area contributed by atoms with Crippen LogP contribution in [0.2, 0.25) is 15.1 Å². The molecule has 0 radical (unpaired) electrons. The van der Waals surface area contributed by atoms with Crippen molar-refractivity contribution in [2.75, 3.05) is 0 Å². The molecule has 0 amide bonds. The zero-order valence-electron chi connectivity index (χ0n) is 11.6. The van der Waals surface area contributed by atoms with Gasteiger partial charge in [-0.15, -0.1) is 0 Å². The van der Waals surface area contributed by atoms with Crippen molar-refractivity contribution in [2.24, 2.45) is 0 Å². The van der Waals surface area contributed by atoms with Crippen molar-refractivity contribution >= 4 is 69.4 Å². The van der Waals surface area contributed by atoms with E-state index in [9.17, 15) is 14.4 Å². The highest BCUT2D eigenvalue weighted by atomic mass is 35.5. The van der Waals surface area contributed by atoms with Gasteiger partial charge >= 0.3 is 11.9 Å². The zero-order chi connectivity index (χ0) is 17.3. The molecule has 2 aromatic rings. The first-order valence-electron chi connectivity index (χ1n) is 5.88. The SMILES string of the molecule is CC(=O)Oc1c(Cl)c(Cl)c(OC(C)=O)c(-c2csc(=O)s2)c1Cl. The van der Waals surface area contributed by atoms with E-state index in [1.807, 2.05) is 0 Å². The van der Waals surface area contributed by atoms with Gasteiger partial charge in [0, 0.05) is 19.2 Å². The summed E-state index contributed by atoms with van der Waals surface area (Å²) in [4.78, 5) is 34.4. The summed E-state index contributed by atoms with van der Waals surface area (Å²) in [5.74, 6) is -1.57. The average molecular weight is 414 g/mol. The average Bonchev–Trinajstić information content (AvgIpc) is 2.86. The quantitative estimate of drug-likeness (QED) is 0.416. The molecular formula is C13H7Cl3O5S2. The van der Waals surface area contributed by atoms with Crippen LogP contribution in [0.5, 0.6) is 11.5 Å². The molecule has 0 bridgehead atoms. The van der Waals surface area contributed by atoms with E-state index in [1.54, 1.807) is 0 Å². The second kappa shape index (κ2) is 7.19. The molecule has 23 heavy (non-hydrogen) atoms. The van der Waals surface area contributed by atoms with Gasteiger partial charge in [0.15, 0.2) is 11.5 Å². The number of esters is 2. The minimum atomic E-state index is -0.658. The molecule has 0 aliphatic carbocycles. The van der Waals surface area contributed by atoms with E-state index in [0.717, 1.165) is 22.7 Å². The summed E-state index contributed by atoms with van der Waals surface area (Å²) < 4.78 is 9.89. The molecule has 0 N–H and O–H groups in total.